The predicted octanol–water partition coefficient (Wildman–Crippen LogP) is 4.24. The van der Waals surface area contributed by atoms with Crippen LogP contribution in [0.1, 0.15) is 12.8 Å². The Kier molecular flexibility index (Phi) is 7.76. The van der Waals surface area contributed by atoms with Gasteiger partial charge < -0.3 is 14.0 Å². The van der Waals surface area contributed by atoms with E-state index in [1.165, 1.54) is 35.6 Å². The first-order valence-electron chi connectivity index (χ1n) is 9.71. The lowest BCUT2D eigenvalue weighted by Crippen LogP contribution is -2.16. The van der Waals surface area contributed by atoms with Gasteiger partial charge in [0, 0.05) is 30.1 Å². The third kappa shape index (κ3) is 5.40. The smallest absolute Gasteiger partial charge is 0.248 e. The summed E-state index contributed by atoms with van der Waals surface area (Å²) in [5.74, 6) is 0.612. The fraction of sp³-hybridized carbons (Fsp3) is 0.273. The molecule has 1 aromatic heterocycles. The molecule has 2 aromatic carbocycles. The molecule has 3 aromatic rings. The van der Waals surface area contributed by atoms with E-state index >= 15 is 0 Å². The second-order valence-electron chi connectivity index (χ2n) is 6.84. The number of halogens is 1. The van der Waals surface area contributed by atoms with Crippen molar-refractivity contribution in [2.75, 3.05) is 20.0 Å². The van der Waals surface area contributed by atoms with Crippen LogP contribution in [0.15, 0.2) is 58.9 Å². The van der Waals surface area contributed by atoms with E-state index in [2.05, 4.69) is 11.6 Å². The monoisotopic (exact) mass is 494 g/mol. The van der Waals surface area contributed by atoms with Gasteiger partial charge >= 0.3 is 0 Å². The number of hydrogen-bond acceptors (Lipinski definition) is 6. The Morgan fingerprint density at radius 1 is 1.19 bits per heavy atom. The molecule has 0 radical (unpaired) electrons. The molecule has 0 aliphatic carbocycles. The van der Waals surface area contributed by atoms with Crippen molar-refractivity contribution in [3.05, 3.63) is 58.9 Å². The van der Waals surface area contributed by atoms with Crippen LogP contribution in [-0.2, 0) is 21.2 Å². The summed E-state index contributed by atoms with van der Waals surface area (Å²) in [4.78, 5) is 17.4. The molecule has 0 saturated heterocycles. The summed E-state index contributed by atoms with van der Waals surface area (Å²) in [7, 11) is -0.381. The summed E-state index contributed by atoms with van der Waals surface area (Å²) in [6.07, 6.45) is 1.90. The van der Waals surface area contributed by atoms with Crippen LogP contribution in [0.25, 0.3) is 10.2 Å². The molecule has 0 N–H and O–H groups in total. The second kappa shape index (κ2) is 10.3. The zero-order chi connectivity index (χ0) is 23.3. The standard InChI is InChI=1S/C22H23ClN2O5S2/c1-4-11-25-17-13-18(29-2)19(30-3)14-20(17)31-22(25)24-21(26)6-5-12-32(27,28)16-9-7-15(23)8-10-16/h4,7-10,13-14H,1,5-6,11-12H2,2-3H3. The number of thiazole rings is 1. The number of carbonyl (C=O) groups is 1. The molecule has 0 saturated carbocycles. The van der Waals surface area contributed by atoms with Crippen LogP contribution >= 0.6 is 22.9 Å². The van der Waals surface area contributed by atoms with Gasteiger partial charge in [-0.25, -0.2) is 8.42 Å². The van der Waals surface area contributed by atoms with Crippen molar-refractivity contribution in [3.8, 4) is 11.5 Å². The van der Waals surface area contributed by atoms with E-state index in [0.717, 1.165) is 10.2 Å². The number of fused-ring (bicyclic) bond motifs is 1. The maximum Gasteiger partial charge on any atom is 0.248 e. The molecule has 3 rings (SSSR count). The minimum absolute atomic E-state index is 0.0157. The number of carbonyl (C=O) groups excluding carboxylic acids is 1. The van der Waals surface area contributed by atoms with Gasteiger partial charge in [-0.2, -0.15) is 4.99 Å². The van der Waals surface area contributed by atoms with Gasteiger partial charge in [0.1, 0.15) is 0 Å². The van der Waals surface area contributed by atoms with Crippen molar-refractivity contribution in [1.82, 2.24) is 4.57 Å². The summed E-state index contributed by atoms with van der Waals surface area (Å²) in [6.45, 7) is 4.23. The molecule has 0 fully saturated rings. The summed E-state index contributed by atoms with van der Waals surface area (Å²) in [6, 6.07) is 9.64. The Morgan fingerprint density at radius 3 is 2.47 bits per heavy atom. The number of allylic oxidation sites excluding steroid dienone is 1. The van der Waals surface area contributed by atoms with E-state index in [1.54, 1.807) is 20.3 Å². The van der Waals surface area contributed by atoms with Crippen molar-refractivity contribution in [2.45, 2.75) is 24.3 Å². The SMILES string of the molecule is C=CCn1c(=NC(=O)CCCS(=O)(=O)c2ccc(Cl)cc2)sc2cc(OC)c(OC)cc21. The number of amides is 1. The first kappa shape index (κ1) is 24.0. The number of methoxy groups -OCH3 is 2. The van der Waals surface area contributed by atoms with Crippen molar-refractivity contribution in [3.63, 3.8) is 0 Å². The summed E-state index contributed by atoms with van der Waals surface area (Å²) in [5, 5.41) is 0.462. The molecule has 1 heterocycles. The lowest BCUT2D eigenvalue weighted by molar-refractivity contribution is -0.118. The number of aromatic nitrogens is 1. The minimum Gasteiger partial charge on any atom is -0.493 e. The number of rotatable bonds is 9. The van der Waals surface area contributed by atoms with E-state index in [0.29, 0.717) is 27.9 Å². The average molecular weight is 495 g/mol. The first-order valence-corrected chi connectivity index (χ1v) is 12.6. The molecule has 1 amide bonds. The largest absolute Gasteiger partial charge is 0.493 e. The molecular formula is C22H23ClN2O5S2. The lowest BCUT2D eigenvalue weighted by atomic mass is 10.3. The van der Waals surface area contributed by atoms with Crippen LogP contribution in [-0.4, -0.2) is 38.9 Å². The minimum atomic E-state index is -3.49. The molecule has 0 atom stereocenters. The average Bonchev–Trinajstić information content (AvgIpc) is 3.08. The zero-order valence-electron chi connectivity index (χ0n) is 17.7. The van der Waals surface area contributed by atoms with Crippen molar-refractivity contribution in [2.24, 2.45) is 4.99 Å². The Labute approximate surface area is 195 Å². The van der Waals surface area contributed by atoms with Crippen LogP contribution < -0.4 is 14.3 Å². The summed E-state index contributed by atoms with van der Waals surface area (Å²) in [5.41, 5.74) is 0.837. The molecular weight excluding hydrogens is 472 g/mol. The third-order valence-corrected chi connectivity index (χ3v) is 7.81. The van der Waals surface area contributed by atoms with Crippen LogP contribution in [0.2, 0.25) is 5.02 Å². The molecule has 7 nitrogen and oxygen atoms in total. The number of ether oxygens (including phenoxy) is 2. The van der Waals surface area contributed by atoms with Crippen molar-refractivity contribution in [1.29, 1.82) is 0 Å². The molecule has 0 unspecified atom stereocenters. The highest BCUT2D eigenvalue weighted by molar-refractivity contribution is 7.91. The third-order valence-electron chi connectivity index (χ3n) is 4.70. The molecule has 10 heteroatoms. The van der Waals surface area contributed by atoms with Gasteiger partial charge in [-0.1, -0.05) is 29.0 Å². The van der Waals surface area contributed by atoms with Crippen LogP contribution in [0.3, 0.4) is 0 Å². The topological polar surface area (TPSA) is 87.0 Å². The van der Waals surface area contributed by atoms with Crippen LogP contribution in [0.5, 0.6) is 11.5 Å². The predicted molar refractivity (Wildman–Crippen MR) is 126 cm³/mol. The van der Waals surface area contributed by atoms with Gasteiger partial charge in [-0.05, 0) is 30.7 Å². The lowest BCUT2D eigenvalue weighted by Gasteiger charge is -2.08. The number of sulfone groups is 1. The van der Waals surface area contributed by atoms with Crippen molar-refractivity contribution < 1.29 is 22.7 Å². The number of benzene rings is 2. The van der Waals surface area contributed by atoms with Gasteiger partial charge in [0.2, 0.25) is 5.91 Å². The molecule has 0 aliphatic rings. The molecule has 0 bridgehead atoms. The molecule has 32 heavy (non-hydrogen) atoms. The normalized spacial score (nSPS) is 12.2. The van der Waals surface area contributed by atoms with Crippen LogP contribution in [0, 0.1) is 0 Å². The van der Waals surface area contributed by atoms with Gasteiger partial charge in [0.25, 0.3) is 0 Å². The van der Waals surface area contributed by atoms with Crippen molar-refractivity contribution >= 4 is 48.9 Å². The van der Waals surface area contributed by atoms with Gasteiger partial charge in [0.15, 0.2) is 26.1 Å². The maximum absolute atomic E-state index is 12.5. The summed E-state index contributed by atoms with van der Waals surface area (Å²) < 4.78 is 38.3. The molecule has 170 valence electrons. The van der Waals surface area contributed by atoms with E-state index in [-0.39, 0.29) is 29.4 Å². The Hall–Kier alpha value is -2.62. The first-order chi connectivity index (χ1) is 15.3. The number of hydrogen-bond donors (Lipinski definition) is 0. The Morgan fingerprint density at radius 2 is 1.84 bits per heavy atom. The van der Waals surface area contributed by atoms with E-state index < -0.39 is 9.84 Å². The highest BCUT2D eigenvalue weighted by atomic mass is 35.5. The van der Waals surface area contributed by atoms with Gasteiger partial charge in [0.05, 0.1) is 35.1 Å². The second-order valence-corrected chi connectivity index (χ2v) is 10.4. The fourth-order valence-electron chi connectivity index (χ4n) is 3.12. The maximum atomic E-state index is 12.5. The quantitative estimate of drug-likeness (QED) is 0.415. The Bertz CT molecular complexity index is 1310. The van der Waals surface area contributed by atoms with Gasteiger partial charge in [-0.15, -0.1) is 6.58 Å². The highest BCUT2D eigenvalue weighted by Crippen LogP contribution is 2.33. The molecule has 0 aliphatic heterocycles. The number of nitrogens with zero attached hydrogens (tertiary/aromatic N) is 2. The highest BCUT2D eigenvalue weighted by Gasteiger charge is 2.16. The zero-order valence-corrected chi connectivity index (χ0v) is 20.1. The van der Waals surface area contributed by atoms with E-state index in [4.69, 9.17) is 21.1 Å². The van der Waals surface area contributed by atoms with Gasteiger partial charge in [-0.3, -0.25) is 4.79 Å². The fourth-order valence-corrected chi connectivity index (χ4v) is 5.63. The van der Waals surface area contributed by atoms with E-state index in [9.17, 15) is 13.2 Å². The summed E-state index contributed by atoms with van der Waals surface area (Å²) >= 11 is 7.15. The van der Waals surface area contributed by atoms with Crippen LogP contribution in [0.4, 0.5) is 0 Å². The molecule has 0 spiro atoms. The Balaban J connectivity index is 1.81. The van der Waals surface area contributed by atoms with E-state index in [1.807, 2.05) is 16.7 Å².